The van der Waals surface area contributed by atoms with E-state index in [-0.39, 0.29) is 28.7 Å². The van der Waals surface area contributed by atoms with Crippen LogP contribution in [0, 0.1) is 10.1 Å². The number of rotatable bonds is 7. The normalized spacial score (nSPS) is 18.4. The highest BCUT2D eigenvalue weighted by atomic mass is 35.5. The molecule has 9 nitrogen and oxygen atoms in total. The van der Waals surface area contributed by atoms with E-state index in [1.165, 1.54) is 17.0 Å². The molecule has 1 saturated heterocycles. The number of amides is 3. The van der Waals surface area contributed by atoms with Crippen LogP contribution in [0.15, 0.2) is 42.5 Å². The van der Waals surface area contributed by atoms with Crippen molar-refractivity contribution in [3.63, 3.8) is 0 Å². The van der Waals surface area contributed by atoms with Crippen LogP contribution in [0.5, 0.6) is 5.75 Å². The molecule has 34 heavy (non-hydrogen) atoms. The van der Waals surface area contributed by atoms with Crippen LogP contribution in [0.4, 0.5) is 11.4 Å². The van der Waals surface area contributed by atoms with E-state index >= 15 is 0 Å². The average molecular weight is 486 g/mol. The molecule has 0 spiro atoms. The first-order valence-corrected chi connectivity index (χ1v) is 11.6. The largest absolute Gasteiger partial charge is 0.494 e. The van der Waals surface area contributed by atoms with Crippen molar-refractivity contribution in [3.8, 4) is 5.75 Å². The van der Waals surface area contributed by atoms with Gasteiger partial charge < -0.3 is 9.64 Å². The molecule has 0 aromatic heterocycles. The predicted molar refractivity (Wildman–Crippen MR) is 125 cm³/mol. The van der Waals surface area contributed by atoms with E-state index in [1.54, 1.807) is 24.3 Å². The summed E-state index contributed by atoms with van der Waals surface area (Å²) < 4.78 is 5.42. The Hall–Kier alpha value is -3.46. The number of carbonyl (C=O) groups excluding carboxylic acids is 3. The first kappa shape index (κ1) is 23.7. The molecule has 1 aliphatic heterocycles. The Balaban J connectivity index is 1.66. The minimum absolute atomic E-state index is 0.0581. The van der Waals surface area contributed by atoms with E-state index in [0.29, 0.717) is 30.9 Å². The summed E-state index contributed by atoms with van der Waals surface area (Å²) in [5, 5.41) is 11.2. The third-order valence-corrected chi connectivity index (χ3v) is 6.53. The molecule has 0 bridgehead atoms. The molecule has 0 N–H and O–H groups in total. The summed E-state index contributed by atoms with van der Waals surface area (Å²) in [5.41, 5.74) is 0.0772. The van der Waals surface area contributed by atoms with Crippen molar-refractivity contribution in [2.75, 3.05) is 11.5 Å². The van der Waals surface area contributed by atoms with E-state index in [1.807, 2.05) is 6.92 Å². The van der Waals surface area contributed by atoms with E-state index in [4.69, 9.17) is 16.3 Å². The molecule has 0 radical (unpaired) electrons. The lowest BCUT2D eigenvalue weighted by Crippen LogP contribution is -2.50. The number of imide groups is 1. The second-order valence-corrected chi connectivity index (χ2v) is 8.70. The van der Waals surface area contributed by atoms with Crippen molar-refractivity contribution in [1.82, 2.24) is 4.90 Å². The van der Waals surface area contributed by atoms with Crippen LogP contribution >= 0.6 is 11.6 Å². The van der Waals surface area contributed by atoms with Crippen molar-refractivity contribution >= 4 is 40.7 Å². The van der Waals surface area contributed by atoms with Gasteiger partial charge in [-0.1, -0.05) is 24.4 Å². The lowest BCUT2D eigenvalue weighted by atomic mass is 10.1. The Kier molecular flexibility index (Phi) is 6.83. The molecule has 4 rings (SSSR count). The summed E-state index contributed by atoms with van der Waals surface area (Å²) in [6.45, 7) is 2.35. The number of nitro groups is 1. The minimum Gasteiger partial charge on any atom is -0.494 e. The smallest absolute Gasteiger partial charge is 0.288 e. The predicted octanol–water partition coefficient (Wildman–Crippen LogP) is 4.36. The molecule has 178 valence electrons. The third kappa shape index (κ3) is 4.48. The van der Waals surface area contributed by atoms with Crippen molar-refractivity contribution in [2.45, 2.75) is 51.1 Å². The van der Waals surface area contributed by atoms with Gasteiger partial charge in [0.15, 0.2) is 0 Å². The Morgan fingerprint density at radius 1 is 1.18 bits per heavy atom. The Morgan fingerprint density at radius 2 is 1.85 bits per heavy atom. The van der Waals surface area contributed by atoms with Crippen molar-refractivity contribution < 1.29 is 24.0 Å². The SMILES string of the molecule is CCOc1ccc(N2C(=O)CC(N(C(=O)c3ccc(Cl)c([N+](=O)[O-])c3)C3CCCC3)C2=O)cc1. The molecule has 2 aromatic rings. The van der Waals surface area contributed by atoms with Gasteiger partial charge in [-0.15, -0.1) is 0 Å². The van der Waals surface area contributed by atoms with Gasteiger partial charge in [0.05, 0.1) is 23.6 Å². The van der Waals surface area contributed by atoms with Gasteiger partial charge in [-0.05, 0) is 56.2 Å². The van der Waals surface area contributed by atoms with Crippen molar-refractivity contribution in [3.05, 3.63) is 63.2 Å². The fraction of sp³-hybridized carbons (Fsp3) is 0.375. The summed E-state index contributed by atoms with van der Waals surface area (Å²) in [4.78, 5) is 53.1. The van der Waals surface area contributed by atoms with E-state index in [2.05, 4.69) is 0 Å². The monoisotopic (exact) mass is 485 g/mol. The molecule has 1 heterocycles. The summed E-state index contributed by atoms with van der Waals surface area (Å²) in [7, 11) is 0. The third-order valence-electron chi connectivity index (χ3n) is 6.21. The van der Waals surface area contributed by atoms with Crippen LogP contribution in [-0.4, -0.2) is 46.2 Å². The molecular formula is C24H24ClN3O6. The molecule has 2 aromatic carbocycles. The quantitative estimate of drug-likeness (QED) is 0.327. The molecule has 1 unspecified atom stereocenters. The zero-order valence-electron chi connectivity index (χ0n) is 18.6. The van der Waals surface area contributed by atoms with Crippen LogP contribution < -0.4 is 9.64 Å². The lowest BCUT2D eigenvalue weighted by molar-refractivity contribution is -0.384. The van der Waals surface area contributed by atoms with Crippen LogP contribution in [0.3, 0.4) is 0 Å². The molecular weight excluding hydrogens is 462 g/mol. The number of hydrogen-bond donors (Lipinski definition) is 0. The Labute approximate surface area is 201 Å². The van der Waals surface area contributed by atoms with E-state index in [0.717, 1.165) is 23.8 Å². The maximum atomic E-state index is 13.6. The number of nitrogens with zero attached hydrogens (tertiary/aromatic N) is 3. The maximum Gasteiger partial charge on any atom is 0.288 e. The number of anilines is 1. The molecule has 10 heteroatoms. The zero-order valence-corrected chi connectivity index (χ0v) is 19.4. The van der Waals surface area contributed by atoms with Gasteiger partial charge in [0.2, 0.25) is 5.91 Å². The standard InChI is InChI=1S/C24H24ClN3O6/c1-2-34-18-10-8-17(9-11-18)27-22(29)14-21(24(27)31)26(16-5-3-4-6-16)23(30)15-7-12-19(25)20(13-15)28(32)33/h7-13,16,21H,2-6,14H2,1H3. The van der Waals surface area contributed by atoms with Gasteiger partial charge in [-0.25, -0.2) is 4.90 Å². The number of ether oxygens (including phenoxy) is 1. The number of hydrogen-bond acceptors (Lipinski definition) is 6. The van der Waals surface area contributed by atoms with Gasteiger partial charge in [-0.2, -0.15) is 0 Å². The van der Waals surface area contributed by atoms with Crippen LogP contribution in [0.1, 0.15) is 49.4 Å². The summed E-state index contributed by atoms with van der Waals surface area (Å²) in [5.74, 6) is -0.796. The first-order chi connectivity index (χ1) is 16.3. The van der Waals surface area contributed by atoms with Gasteiger partial charge in [0.25, 0.3) is 17.5 Å². The van der Waals surface area contributed by atoms with E-state index < -0.39 is 28.7 Å². The lowest BCUT2D eigenvalue weighted by Gasteiger charge is -2.33. The Morgan fingerprint density at radius 3 is 2.47 bits per heavy atom. The summed E-state index contributed by atoms with van der Waals surface area (Å²) in [6.07, 6.45) is 3.04. The van der Waals surface area contributed by atoms with Crippen LogP contribution in [0.2, 0.25) is 5.02 Å². The highest BCUT2D eigenvalue weighted by molar-refractivity contribution is 6.32. The summed E-state index contributed by atoms with van der Waals surface area (Å²) in [6, 6.07) is 9.24. The van der Waals surface area contributed by atoms with Crippen LogP contribution in [-0.2, 0) is 9.59 Å². The topological polar surface area (TPSA) is 110 Å². The highest BCUT2D eigenvalue weighted by Gasteiger charge is 2.47. The molecule has 1 aliphatic carbocycles. The fourth-order valence-electron chi connectivity index (χ4n) is 4.64. The van der Waals surface area contributed by atoms with Gasteiger partial charge in [0.1, 0.15) is 16.8 Å². The maximum absolute atomic E-state index is 13.6. The zero-order chi connectivity index (χ0) is 24.4. The average Bonchev–Trinajstić information content (AvgIpc) is 3.43. The van der Waals surface area contributed by atoms with Crippen LogP contribution in [0.25, 0.3) is 0 Å². The van der Waals surface area contributed by atoms with Gasteiger partial charge in [-0.3, -0.25) is 24.5 Å². The summed E-state index contributed by atoms with van der Waals surface area (Å²) >= 11 is 5.91. The number of nitro benzene ring substituents is 1. The number of benzene rings is 2. The number of carbonyl (C=O) groups is 3. The number of halogens is 1. The van der Waals surface area contributed by atoms with Gasteiger partial charge >= 0.3 is 0 Å². The second kappa shape index (κ2) is 9.80. The molecule has 1 saturated carbocycles. The van der Waals surface area contributed by atoms with Gasteiger partial charge in [0, 0.05) is 17.7 Å². The minimum atomic E-state index is -0.982. The molecule has 3 amide bonds. The van der Waals surface area contributed by atoms with Crippen molar-refractivity contribution in [2.24, 2.45) is 0 Å². The fourth-order valence-corrected chi connectivity index (χ4v) is 4.83. The second-order valence-electron chi connectivity index (χ2n) is 8.29. The molecule has 2 fully saturated rings. The van der Waals surface area contributed by atoms with Crippen molar-refractivity contribution in [1.29, 1.82) is 0 Å². The first-order valence-electron chi connectivity index (χ1n) is 11.2. The van der Waals surface area contributed by atoms with E-state index in [9.17, 15) is 24.5 Å². The molecule has 1 atom stereocenters. The highest BCUT2D eigenvalue weighted by Crippen LogP contribution is 2.34. The molecule has 2 aliphatic rings. The Bertz CT molecular complexity index is 1130.